The van der Waals surface area contributed by atoms with Crippen molar-refractivity contribution in [1.82, 2.24) is 5.32 Å². The number of amides is 2. The van der Waals surface area contributed by atoms with Crippen molar-refractivity contribution in [3.05, 3.63) is 78.8 Å². The fraction of sp³-hybridized carbons (Fsp3) is 0.182. The zero-order chi connectivity index (χ0) is 20.5. The van der Waals surface area contributed by atoms with E-state index in [-0.39, 0.29) is 11.7 Å². The number of hydrogen-bond acceptors (Lipinski definition) is 5. The summed E-state index contributed by atoms with van der Waals surface area (Å²) in [5.74, 6) is 1.62. The Balaban J connectivity index is 1.61. The molecular weight excluding hydrogens is 388 g/mol. The van der Waals surface area contributed by atoms with Gasteiger partial charge in [-0.3, -0.25) is 9.59 Å². The summed E-state index contributed by atoms with van der Waals surface area (Å²) in [6, 6.07) is 19.1. The van der Waals surface area contributed by atoms with Gasteiger partial charge in [0, 0.05) is 5.69 Å². The van der Waals surface area contributed by atoms with E-state index < -0.39 is 11.9 Å². The molecule has 0 radical (unpaired) electrons. The van der Waals surface area contributed by atoms with E-state index in [0.29, 0.717) is 17.9 Å². The Kier molecular flexibility index (Phi) is 7.35. The predicted molar refractivity (Wildman–Crippen MR) is 115 cm³/mol. The normalized spacial score (nSPS) is 11.5. The molecule has 0 saturated carbocycles. The van der Waals surface area contributed by atoms with Crippen molar-refractivity contribution in [2.24, 2.45) is 0 Å². The summed E-state index contributed by atoms with van der Waals surface area (Å²) in [5, 5.41) is 5.58. The molecule has 7 heteroatoms. The first kappa shape index (κ1) is 20.5. The van der Waals surface area contributed by atoms with E-state index in [1.807, 2.05) is 36.6 Å². The fourth-order valence-corrected chi connectivity index (χ4v) is 3.07. The first-order valence-electron chi connectivity index (χ1n) is 9.13. The van der Waals surface area contributed by atoms with Gasteiger partial charge in [0.1, 0.15) is 17.5 Å². The van der Waals surface area contributed by atoms with Crippen molar-refractivity contribution in [2.75, 3.05) is 17.3 Å². The van der Waals surface area contributed by atoms with Gasteiger partial charge in [0.25, 0.3) is 5.91 Å². The molecule has 0 unspecified atom stereocenters. The number of thioether (sulfide) groups is 1. The lowest BCUT2D eigenvalue weighted by atomic mass is 10.2. The quantitative estimate of drug-likeness (QED) is 0.540. The third-order valence-corrected chi connectivity index (χ3v) is 4.72. The molecule has 0 aliphatic rings. The zero-order valence-electron chi connectivity index (χ0n) is 16.0. The molecule has 2 amide bonds. The first-order valence-corrected chi connectivity index (χ1v) is 10.5. The molecule has 6 nitrogen and oxygen atoms in total. The van der Waals surface area contributed by atoms with Crippen LogP contribution in [-0.4, -0.2) is 29.9 Å². The SMILES string of the molecule is CSCC[C@H](NC(=O)c1ccco1)C(=O)Nc1ccc(Oc2ccccc2)cc1. The molecule has 0 aliphatic heterocycles. The number of rotatable bonds is 9. The number of para-hydroxylation sites is 1. The maximum atomic E-state index is 12.7. The average Bonchev–Trinajstić information content (AvgIpc) is 3.28. The average molecular weight is 410 g/mol. The Morgan fingerprint density at radius 1 is 1.00 bits per heavy atom. The molecule has 0 aliphatic carbocycles. The van der Waals surface area contributed by atoms with Crippen LogP contribution in [0, 0.1) is 0 Å². The van der Waals surface area contributed by atoms with Gasteiger partial charge in [-0.15, -0.1) is 0 Å². The van der Waals surface area contributed by atoms with E-state index in [1.165, 1.54) is 6.26 Å². The molecule has 1 heterocycles. The van der Waals surface area contributed by atoms with Crippen LogP contribution in [0.15, 0.2) is 77.4 Å². The number of ether oxygens (including phenoxy) is 1. The van der Waals surface area contributed by atoms with E-state index in [9.17, 15) is 9.59 Å². The summed E-state index contributed by atoms with van der Waals surface area (Å²) in [6.07, 6.45) is 3.88. The molecule has 150 valence electrons. The van der Waals surface area contributed by atoms with Gasteiger partial charge < -0.3 is 19.8 Å². The second-order valence-electron chi connectivity index (χ2n) is 6.21. The summed E-state index contributed by atoms with van der Waals surface area (Å²) in [4.78, 5) is 24.9. The lowest BCUT2D eigenvalue weighted by Gasteiger charge is -2.17. The monoisotopic (exact) mass is 410 g/mol. The van der Waals surface area contributed by atoms with Crippen LogP contribution in [0.1, 0.15) is 17.0 Å². The predicted octanol–water partition coefficient (Wildman–Crippen LogP) is 4.56. The number of nitrogens with one attached hydrogen (secondary N) is 2. The fourth-order valence-electron chi connectivity index (χ4n) is 2.60. The highest BCUT2D eigenvalue weighted by atomic mass is 32.2. The third-order valence-electron chi connectivity index (χ3n) is 4.08. The van der Waals surface area contributed by atoms with Gasteiger partial charge >= 0.3 is 0 Å². The standard InChI is InChI=1S/C22H22N2O4S/c1-29-15-13-19(24-22(26)20-8-5-14-27-20)21(25)23-16-9-11-18(12-10-16)28-17-6-3-2-4-7-17/h2-12,14,19H,13,15H2,1H3,(H,23,25)(H,24,26)/t19-/m0/s1. The van der Waals surface area contributed by atoms with Crippen molar-refractivity contribution in [3.63, 3.8) is 0 Å². The summed E-state index contributed by atoms with van der Waals surface area (Å²) in [7, 11) is 0. The van der Waals surface area contributed by atoms with Crippen molar-refractivity contribution in [3.8, 4) is 11.5 Å². The van der Waals surface area contributed by atoms with E-state index in [0.717, 1.165) is 11.5 Å². The van der Waals surface area contributed by atoms with Crippen molar-refractivity contribution in [2.45, 2.75) is 12.5 Å². The van der Waals surface area contributed by atoms with E-state index in [2.05, 4.69) is 10.6 Å². The number of hydrogen-bond donors (Lipinski definition) is 2. The molecule has 29 heavy (non-hydrogen) atoms. The van der Waals surface area contributed by atoms with E-state index in [1.54, 1.807) is 48.2 Å². The number of anilines is 1. The van der Waals surface area contributed by atoms with Gasteiger partial charge in [-0.25, -0.2) is 0 Å². The third kappa shape index (κ3) is 6.15. The van der Waals surface area contributed by atoms with Crippen molar-refractivity contribution < 1.29 is 18.7 Å². The lowest BCUT2D eigenvalue weighted by Crippen LogP contribution is -2.44. The van der Waals surface area contributed by atoms with E-state index >= 15 is 0 Å². The van der Waals surface area contributed by atoms with Gasteiger partial charge in [0.05, 0.1) is 6.26 Å². The number of benzene rings is 2. The molecule has 0 spiro atoms. The van der Waals surface area contributed by atoms with Crippen molar-refractivity contribution in [1.29, 1.82) is 0 Å². The number of carbonyl (C=O) groups is 2. The summed E-state index contributed by atoms with van der Waals surface area (Å²) >= 11 is 1.61. The molecule has 2 N–H and O–H groups in total. The minimum Gasteiger partial charge on any atom is -0.459 e. The molecule has 1 aromatic heterocycles. The second kappa shape index (κ2) is 10.4. The summed E-state index contributed by atoms with van der Waals surface area (Å²) in [5.41, 5.74) is 0.622. The van der Waals surface area contributed by atoms with Gasteiger partial charge in [0.2, 0.25) is 5.91 Å². The Labute approximate surface area is 173 Å². The number of furan rings is 1. The van der Waals surface area contributed by atoms with Crippen LogP contribution in [-0.2, 0) is 4.79 Å². The molecule has 1 atom stereocenters. The lowest BCUT2D eigenvalue weighted by molar-refractivity contribution is -0.118. The highest BCUT2D eigenvalue weighted by Gasteiger charge is 2.22. The minimum absolute atomic E-state index is 0.175. The number of carbonyl (C=O) groups excluding carboxylic acids is 2. The summed E-state index contributed by atoms with van der Waals surface area (Å²) < 4.78 is 10.8. The van der Waals surface area contributed by atoms with Gasteiger partial charge in [-0.1, -0.05) is 18.2 Å². The molecule has 2 aromatic carbocycles. The highest BCUT2D eigenvalue weighted by Crippen LogP contribution is 2.22. The van der Waals surface area contributed by atoms with Crippen molar-refractivity contribution >= 4 is 29.3 Å². The summed E-state index contributed by atoms with van der Waals surface area (Å²) in [6.45, 7) is 0. The topological polar surface area (TPSA) is 80.6 Å². The first-order chi connectivity index (χ1) is 14.2. The van der Waals surface area contributed by atoms with Gasteiger partial charge in [-0.05, 0) is 67.0 Å². The largest absolute Gasteiger partial charge is 0.459 e. The maximum Gasteiger partial charge on any atom is 0.287 e. The second-order valence-corrected chi connectivity index (χ2v) is 7.20. The molecule has 3 aromatic rings. The Morgan fingerprint density at radius 2 is 1.72 bits per heavy atom. The maximum absolute atomic E-state index is 12.7. The molecule has 3 rings (SSSR count). The smallest absolute Gasteiger partial charge is 0.287 e. The Morgan fingerprint density at radius 3 is 2.38 bits per heavy atom. The van der Waals surface area contributed by atoms with E-state index in [4.69, 9.17) is 9.15 Å². The van der Waals surface area contributed by atoms with Gasteiger partial charge in [-0.2, -0.15) is 11.8 Å². The Bertz CT molecular complexity index is 912. The molecule has 0 fully saturated rings. The molecule has 0 saturated heterocycles. The van der Waals surface area contributed by atoms with Gasteiger partial charge in [0.15, 0.2) is 5.76 Å². The van der Waals surface area contributed by atoms with Crippen LogP contribution >= 0.6 is 11.8 Å². The van der Waals surface area contributed by atoms with Crippen LogP contribution in [0.2, 0.25) is 0 Å². The minimum atomic E-state index is -0.666. The van der Waals surface area contributed by atoms with Crippen LogP contribution < -0.4 is 15.4 Å². The Hall–Kier alpha value is -3.19. The van der Waals surface area contributed by atoms with Crippen LogP contribution in [0.25, 0.3) is 0 Å². The van der Waals surface area contributed by atoms with Crippen LogP contribution in [0.4, 0.5) is 5.69 Å². The molecule has 0 bridgehead atoms. The molecular formula is C22H22N2O4S. The van der Waals surface area contributed by atoms with Crippen LogP contribution in [0.5, 0.6) is 11.5 Å². The zero-order valence-corrected chi connectivity index (χ0v) is 16.8. The van der Waals surface area contributed by atoms with Crippen LogP contribution in [0.3, 0.4) is 0 Å². The highest BCUT2D eigenvalue weighted by molar-refractivity contribution is 7.98.